The lowest BCUT2D eigenvalue weighted by Crippen LogP contribution is -2.37. The van der Waals surface area contributed by atoms with Gasteiger partial charge in [0.05, 0.1) is 23.1 Å². The number of carbonyl (C=O) groups is 1. The monoisotopic (exact) mass is 560 g/mol. The van der Waals surface area contributed by atoms with Crippen LogP contribution in [0.3, 0.4) is 0 Å². The van der Waals surface area contributed by atoms with Gasteiger partial charge in [0.2, 0.25) is 0 Å². The number of piperidine rings is 1. The lowest BCUT2D eigenvalue weighted by Gasteiger charge is -2.33. The molecule has 5 heterocycles. The van der Waals surface area contributed by atoms with Gasteiger partial charge < -0.3 is 9.64 Å². The quantitative estimate of drug-likeness (QED) is 0.316. The van der Waals surface area contributed by atoms with Gasteiger partial charge in [-0.05, 0) is 68.2 Å². The first-order valence-corrected chi connectivity index (χ1v) is 14.9. The van der Waals surface area contributed by atoms with Crippen LogP contribution in [0.5, 0.6) is 0 Å². The molecule has 3 aliphatic heterocycles. The molecule has 3 aliphatic rings. The van der Waals surface area contributed by atoms with Crippen LogP contribution < -0.4 is 10.5 Å². The topological polar surface area (TPSA) is 67.2 Å². The highest BCUT2D eigenvalue weighted by atomic mass is 32.2. The zero-order valence-corrected chi connectivity index (χ0v) is 23.7. The second-order valence-corrected chi connectivity index (χ2v) is 12.3. The molecule has 1 amide bonds. The van der Waals surface area contributed by atoms with Crippen molar-refractivity contribution in [2.75, 3.05) is 31.1 Å². The van der Waals surface area contributed by atoms with Crippen molar-refractivity contribution >= 4 is 51.7 Å². The minimum atomic E-state index is -0.172. The SMILES string of the molecule is Cc1cccn2c(=O)c(/C=C3/SC(=S)N(C[C@@H]4CCCO4)C3=O)c(N3CCC(Cc4ccccc4)CC3)nc12. The van der Waals surface area contributed by atoms with Crippen molar-refractivity contribution in [3.05, 3.63) is 80.6 Å². The maximum absolute atomic E-state index is 13.9. The number of nitrogens with zero attached hydrogens (tertiary/aromatic N) is 4. The molecular weight excluding hydrogens is 528 g/mol. The van der Waals surface area contributed by atoms with Crippen LogP contribution in [-0.2, 0) is 16.0 Å². The third-order valence-corrected chi connectivity index (χ3v) is 9.28. The third-order valence-electron chi connectivity index (χ3n) is 7.90. The predicted molar refractivity (Wildman–Crippen MR) is 160 cm³/mol. The molecule has 39 heavy (non-hydrogen) atoms. The molecule has 3 aromatic rings. The van der Waals surface area contributed by atoms with E-state index in [9.17, 15) is 9.59 Å². The van der Waals surface area contributed by atoms with Crippen molar-refractivity contribution in [3.63, 3.8) is 0 Å². The van der Waals surface area contributed by atoms with Gasteiger partial charge in [0.25, 0.3) is 11.5 Å². The lowest BCUT2D eigenvalue weighted by atomic mass is 9.90. The average Bonchev–Trinajstić information content (AvgIpc) is 3.56. The van der Waals surface area contributed by atoms with E-state index in [-0.39, 0.29) is 17.6 Å². The summed E-state index contributed by atoms with van der Waals surface area (Å²) in [6.45, 7) is 4.77. The van der Waals surface area contributed by atoms with Gasteiger partial charge >= 0.3 is 0 Å². The lowest BCUT2D eigenvalue weighted by molar-refractivity contribution is -0.123. The minimum absolute atomic E-state index is 0.00975. The van der Waals surface area contributed by atoms with Gasteiger partial charge in [-0.15, -0.1) is 0 Å². The zero-order chi connectivity index (χ0) is 26.9. The van der Waals surface area contributed by atoms with Gasteiger partial charge in [-0.3, -0.25) is 18.9 Å². The number of anilines is 1. The van der Waals surface area contributed by atoms with E-state index in [1.54, 1.807) is 21.6 Å². The first-order valence-electron chi connectivity index (χ1n) is 13.7. The number of thiocarbonyl (C=S) groups is 1. The van der Waals surface area contributed by atoms with E-state index in [0.29, 0.717) is 38.7 Å². The number of pyridine rings is 1. The Morgan fingerprint density at radius 3 is 2.64 bits per heavy atom. The summed E-state index contributed by atoms with van der Waals surface area (Å²) in [5.74, 6) is 1.07. The summed E-state index contributed by atoms with van der Waals surface area (Å²) < 4.78 is 7.83. The van der Waals surface area contributed by atoms with Crippen molar-refractivity contribution < 1.29 is 9.53 Å². The second kappa shape index (κ2) is 11.2. The van der Waals surface area contributed by atoms with Crippen LogP contribution in [0.2, 0.25) is 0 Å². The fraction of sp³-hybridized carbons (Fsp3) is 0.400. The molecular formula is C30H32N4O3S2. The van der Waals surface area contributed by atoms with Crippen LogP contribution in [0.4, 0.5) is 5.82 Å². The Hall–Kier alpha value is -3.01. The Kier molecular flexibility index (Phi) is 7.55. The Bertz CT molecular complexity index is 1490. The number of ether oxygens (including phenoxy) is 1. The van der Waals surface area contributed by atoms with E-state index in [1.165, 1.54) is 17.3 Å². The number of hydrogen-bond acceptors (Lipinski definition) is 7. The third kappa shape index (κ3) is 5.40. The molecule has 3 saturated heterocycles. The highest BCUT2D eigenvalue weighted by Gasteiger charge is 2.35. The van der Waals surface area contributed by atoms with Crippen molar-refractivity contribution in [1.82, 2.24) is 14.3 Å². The molecule has 202 valence electrons. The molecule has 0 unspecified atom stereocenters. The van der Waals surface area contributed by atoms with E-state index in [4.69, 9.17) is 21.9 Å². The van der Waals surface area contributed by atoms with Gasteiger partial charge in [-0.1, -0.05) is 60.4 Å². The van der Waals surface area contributed by atoms with Gasteiger partial charge in [0, 0.05) is 25.9 Å². The number of benzene rings is 1. The largest absolute Gasteiger partial charge is 0.376 e. The smallest absolute Gasteiger partial charge is 0.267 e. The van der Waals surface area contributed by atoms with Crippen molar-refractivity contribution in [3.8, 4) is 0 Å². The summed E-state index contributed by atoms with van der Waals surface area (Å²) in [6, 6.07) is 14.4. The van der Waals surface area contributed by atoms with Crippen LogP contribution in [0.25, 0.3) is 11.7 Å². The number of fused-ring (bicyclic) bond motifs is 1. The standard InChI is InChI=1S/C30H32N4O3S2/c1-20-7-5-13-33-26(20)31-27(32-14-11-22(12-15-32)17-21-8-3-2-4-9-21)24(28(33)35)18-25-29(36)34(30(38)39-25)19-23-10-6-16-37-23/h2-5,7-9,13,18,22-23H,6,10-12,14-17,19H2,1H3/b25-18+/t23-/m0/s1. The molecule has 3 fully saturated rings. The van der Waals surface area contributed by atoms with Crippen LogP contribution >= 0.6 is 24.0 Å². The summed E-state index contributed by atoms with van der Waals surface area (Å²) >= 11 is 6.81. The number of rotatable bonds is 6. The molecule has 2 aromatic heterocycles. The van der Waals surface area contributed by atoms with Crippen molar-refractivity contribution in [2.45, 2.75) is 45.1 Å². The number of thioether (sulfide) groups is 1. The average molecular weight is 561 g/mol. The number of amides is 1. The summed E-state index contributed by atoms with van der Waals surface area (Å²) in [5.41, 5.74) is 3.21. The van der Waals surface area contributed by atoms with E-state index < -0.39 is 0 Å². The normalized spacial score (nSPS) is 21.6. The number of aryl methyl sites for hydroxylation is 1. The summed E-state index contributed by atoms with van der Waals surface area (Å²) in [4.78, 5) is 36.6. The van der Waals surface area contributed by atoms with Gasteiger partial charge in [-0.2, -0.15) is 0 Å². The number of aromatic nitrogens is 2. The van der Waals surface area contributed by atoms with Gasteiger partial charge in [0.1, 0.15) is 15.8 Å². The molecule has 6 rings (SSSR count). The molecule has 0 bridgehead atoms. The fourth-order valence-electron chi connectivity index (χ4n) is 5.74. The van der Waals surface area contributed by atoms with E-state index >= 15 is 0 Å². The van der Waals surface area contributed by atoms with E-state index in [2.05, 4.69) is 35.2 Å². The minimum Gasteiger partial charge on any atom is -0.376 e. The van der Waals surface area contributed by atoms with Gasteiger partial charge in [0.15, 0.2) is 0 Å². The number of carbonyl (C=O) groups excluding carboxylic acids is 1. The van der Waals surface area contributed by atoms with Crippen LogP contribution in [0.1, 0.15) is 42.4 Å². The Morgan fingerprint density at radius 2 is 1.90 bits per heavy atom. The molecule has 0 aliphatic carbocycles. The van der Waals surface area contributed by atoms with Crippen LogP contribution in [0, 0.1) is 12.8 Å². The van der Waals surface area contributed by atoms with Crippen LogP contribution in [0.15, 0.2) is 58.4 Å². The molecule has 0 N–H and O–H groups in total. The fourth-order valence-corrected chi connectivity index (χ4v) is 7.00. The summed E-state index contributed by atoms with van der Waals surface area (Å²) in [5, 5.41) is 0. The van der Waals surface area contributed by atoms with E-state index in [0.717, 1.165) is 57.4 Å². The summed E-state index contributed by atoms with van der Waals surface area (Å²) in [7, 11) is 0. The first-order chi connectivity index (χ1) is 19.0. The summed E-state index contributed by atoms with van der Waals surface area (Å²) in [6.07, 6.45) is 8.49. The number of hydrogen-bond donors (Lipinski definition) is 0. The Labute approximate surface area is 237 Å². The molecule has 0 saturated carbocycles. The van der Waals surface area contributed by atoms with Crippen LogP contribution in [-0.4, -0.2) is 56.9 Å². The molecule has 0 radical (unpaired) electrons. The van der Waals surface area contributed by atoms with Crippen molar-refractivity contribution in [2.24, 2.45) is 5.92 Å². The van der Waals surface area contributed by atoms with E-state index in [1.807, 2.05) is 19.1 Å². The highest BCUT2D eigenvalue weighted by Crippen LogP contribution is 2.35. The highest BCUT2D eigenvalue weighted by molar-refractivity contribution is 8.26. The zero-order valence-electron chi connectivity index (χ0n) is 22.0. The Morgan fingerprint density at radius 1 is 1.10 bits per heavy atom. The van der Waals surface area contributed by atoms with Gasteiger partial charge in [-0.25, -0.2) is 4.98 Å². The maximum atomic E-state index is 13.9. The first kappa shape index (κ1) is 26.2. The second-order valence-electron chi connectivity index (χ2n) is 10.6. The van der Waals surface area contributed by atoms with Crippen molar-refractivity contribution in [1.29, 1.82) is 0 Å². The maximum Gasteiger partial charge on any atom is 0.267 e. The molecule has 1 aromatic carbocycles. The molecule has 1 atom stereocenters. The predicted octanol–water partition coefficient (Wildman–Crippen LogP) is 4.84. The molecule has 9 heteroatoms. The molecule has 7 nitrogen and oxygen atoms in total. The molecule has 0 spiro atoms. The Balaban J connectivity index is 1.31.